The number of halogens is 1. The zero-order chi connectivity index (χ0) is 20.2. The number of hydrogen-bond acceptors (Lipinski definition) is 5. The maximum Gasteiger partial charge on any atom is 0.260 e. The number of amides is 1. The van der Waals surface area contributed by atoms with Crippen molar-refractivity contribution < 1.29 is 4.79 Å². The van der Waals surface area contributed by atoms with Gasteiger partial charge in [-0.05, 0) is 43.5 Å². The molecule has 1 fully saturated rings. The van der Waals surface area contributed by atoms with Crippen molar-refractivity contribution in [2.75, 3.05) is 18.4 Å². The first-order valence-corrected chi connectivity index (χ1v) is 11.1. The van der Waals surface area contributed by atoms with E-state index in [0.29, 0.717) is 22.3 Å². The second-order valence-corrected chi connectivity index (χ2v) is 8.84. The van der Waals surface area contributed by atoms with Gasteiger partial charge in [0.25, 0.3) is 5.91 Å². The number of nitrogens with one attached hydrogen (secondary N) is 1. The maximum atomic E-state index is 12.5. The average Bonchev–Trinajstić information content (AvgIpc) is 3.35. The van der Waals surface area contributed by atoms with E-state index in [1.807, 2.05) is 29.6 Å². The molecule has 29 heavy (non-hydrogen) atoms. The molecule has 1 aromatic carbocycles. The number of thiazole rings is 1. The molecule has 1 aliphatic rings. The molecule has 3 heterocycles. The summed E-state index contributed by atoms with van der Waals surface area (Å²) in [5.41, 5.74) is 2.47. The van der Waals surface area contributed by atoms with Crippen LogP contribution in [0, 0.1) is 5.92 Å². The molecule has 0 saturated carbocycles. The fourth-order valence-electron chi connectivity index (χ4n) is 3.42. The number of rotatable bonds is 6. The fourth-order valence-corrected chi connectivity index (χ4v) is 4.32. The van der Waals surface area contributed by atoms with Crippen LogP contribution in [0.5, 0.6) is 0 Å². The topological polar surface area (TPSA) is 63.1 Å². The zero-order valence-corrected chi connectivity index (χ0v) is 17.9. The molecule has 0 bridgehead atoms. The highest BCUT2D eigenvalue weighted by atomic mass is 35.5. The molecule has 3 aromatic rings. The van der Waals surface area contributed by atoms with Crippen molar-refractivity contribution in [3.8, 4) is 0 Å². The van der Waals surface area contributed by atoms with Crippen LogP contribution >= 0.6 is 22.9 Å². The molecule has 1 saturated heterocycles. The van der Waals surface area contributed by atoms with Gasteiger partial charge in [0.15, 0.2) is 5.13 Å². The average molecular weight is 430 g/mol. The summed E-state index contributed by atoms with van der Waals surface area (Å²) in [5, 5.41) is 10.5. The van der Waals surface area contributed by atoms with Gasteiger partial charge in [0.2, 0.25) is 0 Å². The third-order valence-electron chi connectivity index (χ3n) is 5.22. The molecule has 152 valence electrons. The molecule has 4 rings (SSSR count). The first kappa shape index (κ1) is 20.1. The van der Waals surface area contributed by atoms with Crippen LogP contribution < -0.4 is 5.32 Å². The Bertz CT molecular complexity index is 977. The van der Waals surface area contributed by atoms with Crippen molar-refractivity contribution in [3.63, 3.8) is 0 Å². The van der Waals surface area contributed by atoms with Crippen LogP contribution in [0.4, 0.5) is 5.13 Å². The number of piperidine rings is 1. The number of benzene rings is 1. The van der Waals surface area contributed by atoms with Crippen molar-refractivity contribution in [2.24, 2.45) is 5.92 Å². The summed E-state index contributed by atoms with van der Waals surface area (Å²) in [6.45, 7) is 5.90. The first-order chi connectivity index (χ1) is 14.1. The molecule has 6 nitrogen and oxygen atoms in total. The molecule has 0 radical (unpaired) electrons. The highest BCUT2D eigenvalue weighted by Gasteiger charge is 2.17. The van der Waals surface area contributed by atoms with Crippen molar-refractivity contribution in [1.29, 1.82) is 0 Å². The van der Waals surface area contributed by atoms with E-state index in [1.54, 1.807) is 17.1 Å². The number of anilines is 1. The number of nitrogens with zero attached hydrogens (tertiary/aromatic N) is 4. The third kappa shape index (κ3) is 5.23. The molecule has 0 atom stereocenters. The fraction of sp³-hybridized carbons (Fsp3) is 0.381. The van der Waals surface area contributed by atoms with Gasteiger partial charge in [0.05, 0.1) is 24.0 Å². The molecule has 1 amide bonds. The lowest BCUT2D eigenvalue weighted by Gasteiger charge is -2.29. The summed E-state index contributed by atoms with van der Waals surface area (Å²) in [6, 6.07) is 7.62. The van der Waals surface area contributed by atoms with Crippen molar-refractivity contribution in [3.05, 3.63) is 63.9 Å². The van der Waals surface area contributed by atoms with E-state index in [1.165, 1.54) is 24.2 Å². The van der Waals surface area contributed by atoms with Gasteiger partial charge >= 0.3 is 0 Å². The largest absolute Gasteiger partial charge is 0.298 e. The lowest BCUT2D eigenvalue weighted by atomic mass is 9.99. The lowest BCUT2D eigenvalue weighted by molar-refractivity contribution is 0.102. The molecule has 0 unspecified atom stereocenters. The van der Waals surface area contributed by atoms with Crippen LogP contribution in [0.25, 0.3) is 0 Å². The Morgan fingerprint density at radius 2 is 2.07 bits per heavy atom. The Morgan fingerprint density at radius 1 is 1.28 bits per heavy atom. The summed E-state index contributed by atoms with van der Waals surface area (Å²) in [5.74, 6) is 0.610. The predicted octanol–water partition coefficient (Wildman–Crippen LogP) is 4.53. The number of hydrogen-bond donors (Lipinski definition) is 1. The molecular formula is C21H24ClN5OS. The van der Waals surface area contributed by atoms with E-state index in [9.17, 15) is 4.79 Å². The van der Waals surface area contributed by atoms with Crippen molar-refractivity contribution >= 4 is 34.0 Å². The van der Waals surface area contributed by atoms with Gasteiger partial charge in [0, 0.05) is 23.1 Å². The van der Waals surface area contributed by atoms with Crippen LogP contribution in [-0.4, -0.2) is 38.7 Å². The second kappa shape index (κ2) is 9.07. The summed E-state index contributed by atoms with van der Waals surface area (Å²) < 4.78 is 1.71. The predicted molar refractivity (Wildman–Crippen MR) is 117 cm³/mol. The maximum absolute atomic E-state index is 12.5. The standard InChI is InChI=1S/C21H24ClN5OS/c1-15-6-8-26(9-7-15)13-18-14-29-21(24-18)25-20(28)17-10-23-27(12-17)11-16-4-2-3-5-19(16)22/h2-5,10,12,14-15H,6-9,11,13H2,1H3,(H,24,25,28). The quantitative estimate of drug-likeness (QED) is 0.625. The van der Waals surface area contributed by atoms with Crippen LogP contribution in [-0.2, 0) is 13.1 Å². The van der Waals surface area contributed by atoms with Crippen LogP contribution in [0.1, 0.15) is 41.4 Å². The summed E-state index contributed by atoms with van der Waals surface area (Å²) in [4.78, 5) is 19.6. The van der Waals surface area contributed by atoms with Gasteiger partial charge in [0.1, 0.15) is 0 Å². The normalized spacial score (nSPS) is 15.5. The van der Waals surface area contributed by atoms with E-state index >= 15 is 0 Å². The second-order valence-electron chi connectivity index (χ2n) is 7.57. The number of carbonyl (C=O) groups excluding carboxylic acids is 1. The molecule has 0 aliphatic carbocycles. The molecule has 8 heteroatoms. The number of aromatic nitrogens is 3. The van der Waals surface area contributed by atoms with E-state index in [2.05, 4.69) is 27.2 Å². The van der Waals surface area contributed by atoms with E-state index < -0.39 is 0 Å². The van der Waals surface area contributed by atoms with Crippen LogP contribution in [0.15, 0.2) is 42.0 Å². The minimum Gasteiger partial charge on any atom is -0.298 e. The number of likely N-dealkylation sites (tertiary alicyclic amines) is 1. The Balaban J connectivity index is 1.33. The summed E-state index contributed by atoms with van der Waals surface area (Å²) in [6.07, 6.45) is 5.77. The van der Waals surface area contributed by atoms with Crippen LogP contribution in [0.2, 0.25) is 5.02 Å². The lowest BCUT2D eigenvalue weighted by Crippen LogP contribution is -2.32. The molecule has 2 aromatic heterocycles. The molecule has 1 N–H and O–H groups in total. The van der Waals surface area contributed by atoms with Crippen LogP contribution in [0.3, 0.4) is 0 Å². The van der Waals surface area contributed by atoms with Gasteiger partial charge in [-0.2, -0.15) is 5.10 Å². The van der Waals surface area contributed by atoms with Gasteiger partial charge in [-0.15, -0.1) is 11.3 Å². The zero-order valence-electron chi connectivity index (χ0n) is 16.3. The Labute approximate surface area is 179 Å². The van der Waals surface area contributed by atoms with E-state index in [0.717, 1.165) is 36.8 Å². The SMILES string of the molecule is CC1CCN(Cc2csc(NC(=O)c3cnn(Cc4ccccc4Cl)c3)n2)CC1. The molecule has 0 spiro atoms. The molecule has 1 aliphatic heterocycles. The highest BCUT2D eigenvalue weighted by molar-refractivity contribution is 7.13. The van der Waals surface area contributed by atoms with Crippen molar-refractivity contribution in [1.82, 2.24) is 19.7 Å². The smallest absolute Gasteiger partial charge is 0.260 e. The van der Waals surface area contributed by atoms with Gasteiger partial charge in [-0.25, -0.2) is 4.98 Å². The highest BCUT2D eigenvalue weighted by Crippen LogP contribution is 2.21. The summed E-state index contributed by atoms with van der Waals surface area (Å²) >= 11 is 7.66. The molecular weight excluding hydrogens is 406 g/mol. The van der Waals surface area contributed by atoms with Gasteiger partial charge in [-0.3, -0.25) is 19.7 Å². The number of carbonyl (C=O) groups is 1. The third-order valence-corrected chi connectivity index (χ3v) is 6.39. The van der Waals surface area contributed by atoms with E-state index in [-0.39, 0.29) is 5.91 Å². The first-order valence-electron chi connectivity index (χ1n) is 9.81. The van der Waals surface area contributed by atoms with Gasteiger partial charge in [-0.1, -0.05) is 36.7 Å². The minimum absolute atomic E-state index is 0.205. The van der Waals surface area contributed by atoms with E-state index in [4.69, 9.17) is 11.6 Å². The minimum atomic E-state index is -0.205. The Morgan fingerprint density at radius 3 is 2.86 bits per heavy atom. The summed E-state index contributed by atoms with van der Waals surface area (Å²) in [7, 11) is 0. The Hall–Kier alpha value is -2.22. The van der Waals surface area contributed by atoms with Gasteiger partial charge < -0.3 is 0 Å². The Kier molecular flexibility index (Phi) is 6.28. The monoisotopic (exact) mass is 429 g/mol. The van der Waals surface area contributed by atoms with Crippen molar-refractivity contribution in [2.45, 2.75) is 32.9 Å².